The van der Waals surface area contributed by atoms with Gasteiger partial charge in [0.1, 0.15) is 5.75 Å². The number of piperidine rings is 1. The fourth-order valence-corrected chi connectivity index (χ4v) is 3.13. The van der Waals surface area contributed by atoms with Crippen molar-refractivity contribution in [2.24, 2.45) is 0 Å². The largest absolute Gasteiger partial charge is 0.496 e. The highest BCUT2D eigenvalue weighted by atomic mass is 79.9. The summed E-state index contributed by atoms with van der Waals surface area (Å²) in [6.45, 7) is 0.204. The average Bonchev–Trinajstić information content (AvgIpc) is 2.75. The first-order chi connectivity index (χ1) is 10.0. The number of carbonyl (C=O) groups excluding carboxylic acids is 3. The van der Waals surface area contributed by atoms with E-state index in [1.807, 2.05) is 0 Å². The molecular formula is C14H13BrN2O4. The van der Waals surface area contributed by atoms with Crippen LogP contribution < -0.4 is 4.74 Å². The Labute approximate surface area is 129 Å². The van der Waals surface area contributed by atoms with Gasteiger partial charge in [-0.15, -0.1) is 0 Å². The van der Waals surface area contributed by atoms with E-state index in [4.69, 9.17) is 4.74 Å². The molecule has 0 bridgehead atoms. The average molecular weight is 353 g/mol. The molecule has 0 atom stereocenters. The van der Waals surface area contributed by atoms with Crippen LogP contribution in [0.4, 0.5) is 0 Å². The molecule has 3 rings (SSSR count). The van der Waals surface area contributed by atoms with Crippen molar-refractivity contribution >= 4 is 33.7 Å². The topological polar surface area (TPSA) is 66.9 Å². The van der Waals surface area contributed by atoms with Crippen LogP contribution in [0.15, 0.2) is 16.6 Å². The first kappa shape index (κ1) is 14.1. The third-order valence-corrected chi connectivity index (χ3v) is 4.28. The number of nitrogens with zero attached hydrogens (tertiary/aromatic N) is 2. The smallest absolute Gasteiger partial charge is 0.273 e. The highest BCUT2D eigenvalue weighted by Gasteiger charge is 2.39. The molecule has 2 aliphatic heterocycles. The number of fused-ring (bicyclic) bond motifs is 1. The summed E-state index contributed by atoms with van der Waals surface area (Å²) in [6.07, 6.45) is 1.13. The third-order valence-electron chi connectivity index (χ3n) is 3.66. The van der Waals surface area contributed by atoms with Crippen LogP contribution >= 0.6 is 15.9 Å². The van der Waals surface area contributed by atoms with Crippen molar-refractivity contribution in [1.29, 1.82) is 0 Å². The number of hydrogen-bond donors (Lipinski definition) is 0. The molecule has 6 nitrogen and oxygen atoms in total. The maximum absolute atomic E-state index is 12.5. The summed E-state index contributed by atoms with van der Waals surface area (Å²) in [5, 5.41) is 2.21. The standard InChI is InChI=1S/C14H13BrN2O4/c1-21-11-5-8-7-16(14(20)9(8)6-10(11)15)17-12(18)3-2-4-13(17)19/h5-6H,2-4,7H2,1H3. The van der Waals surface area contributed by atoms with E-state index in [1.165, 1.54) is 5.01 Å². The van der Waals surface area contributed by atoms with E-state index < -0.39 is 0 Å². The van der Waals surface area contributed by atoms with Gasteiger partial charge in [0.05, 0.1) is 18.1 Å². The summed E-state index contributed by atoms with van der Waals surface area (Å²) in [6, 6.07) is 3.41. The lowest BCUT2D eigenvalue weighted by atomic mass is 10.1. The fraction of sp³-hybridized carbons (Fsp3) is 0.357. The number of hydrogen-bond acceptors (Lipinski definition) is 4. The summed E-state index contributed by atoms with van der Waals surface area (Å²) in [4.78, 5) is 36.4. The maximum Gasteiger partial charge on any atom is 0.273 e. The second kappa shape index (κ2) is 5.14. The maximum atomic E-state index is 12.5. The SMILES string of the molecule is COc1cc2c(cc1Br)C(=O)N(N1C(=O)CCCC1=O)C2. The van der Waals surface area contributed by atoms with Crippen LogP contribution in [0, 0.1) is 0 Å². The van der Waals surface area contributed by atoms with Crippen molar-refractivity contribution < 1.29 is 19.1 Å². The van der Waals surface area contributed by atoms with E-state index in [-0.39, 0.29) is 24.3 Å². The number of rotatable bonds is 2. The van der Waals surface area contributed by atoms with Crippen molar-refractivity contribution in [2.45, 2.75) is 25.8 Å². The van der Waals surface area contributed by atoms with Crippen molar-refractivity contribution in [3.63, 3.8) is 0 Å². The molecule has 0 aromatic heterocycles. The number of carbonyl (C=O) groups is 3. The van der Waals surface area contributed by atoms with Crippen LogP contribution in [0.2, 0.25) is 0 Å². The lowest BCUT2D eigenvalue weighted by molar-refractivity contribution is -0.163. The third kappa shape index (κ3) is 2.21. The zero-order valence-corrected chi connectivity index (χ0v) is 13.0. The second-order valence-electron chi connectivity index (χ2n) is 4.96. The Bertz CT molecular complexity index is 643. The minimum Gasteiger partial charge on any atom is -0.496 e. The number of hydrazine groups is 1. The summed E-state index contributed by atoms with van der Waals surface area (Å²) >= 11 is 3.33. The van der Waals surface area contributed by atoms with Crippen LogP contribution in [0.1, 0.15) is 35.2 Å². The van der Waals surface area contributed by atoms with Gasteiger partial charge in [0, 0.05) is 18.4 Å². The molecule has 0 N–H and O–H groups in total. The zero-order valence-electron chi connectivity index (χ0n) is 11.4. The number of methoxy groups -OCH3 is 1. The van der Waals surface area contributed by atoms with Crippen molar-refractivity contribution in [3.8, 4) is 5.75 Å². The molecule has 1 saturated heterocycles. The first-order valence-electron chi connectivity index (χ1n) is 6.57. The number of amides is 3. The Morgan fingerprint density at radius 1 is 1.14 bits per heavy atom. The predicted molar refractivity (Wildman–Crippen MR) is 76.3 cm³/mol. The van der Waals surface area contributed by atoms with Gasteiger partial charge in [0.2, 0.25) is 11.8 Å². The number of imide groups is 1. The molecule has 2 aliphatic rings. The Morgan fingerprint density at radius 2 is 1.81 bits per heavy atom. The van der Waals surface area contributed by atoms with Crippen LogP contribution in [-0.2, 0) is 16.1 Å². The van der Waals surface area contributed by atoms with Gasteiger partial charge in [-0.3, -0.25) is 14.4 Å². The van der Waals surface area contributed by atoms with E-state index in [2.05, 4.69) is 15.9 Å². The van der Waals surface area contributed by atoms with Crippen molar-refractivity contribution in [2.75, 3.05) is 7.11 Å². The van der Waals surface area contributed by atoms with Gasteiger partial charge < -0.3 is 4.74 Å². The molecule has 0 radical (unpaired) electrons. The molecule has 110 valence electrons. The number of ether oxygens (including phenoxy) is 1. The number of halogens is 1. The molecular weight excluding hydrogens is 340 g/mol. The van der Waals surface area contributed by atoms with Crippen molar-refractivity contribution in [3.05, 3.63) is 27.7 Å². The highest BCUT2D eigenvalue weighted by molar-refractivity contribution is 9.10. The van der Waals surface area contributed by atoms with E-state index in [0.29, 0.717) is 35.0 Å². The zero-order chi connectivity index (χ0) is 15.1. The molecule has 7 heteroatoms. The minimum absolute atomic E-state index is 0.204. The quantitative estimate of drug-likeness (QED) is 0.762. The highest BCUT2D eigenvalue weighted by Crippen LogP contribution is 2.34. The van der Waals surface area contributed by atoms with Gasteiger partial charge >= 0.3 is 0 Å². The van der Waals surface area contributed by atoms with E-state index >= 15 is 0 Å². The van der Waals surface area contributed by atoms with Crippen LogP contribution in [-0.4, -0.2) is 34.8 Å². The van der Waals surface area contributed by atoms with Crippen LogP contribution in [0.25, 0.3) is 0 Å². The van der Waals surface area contributed by atoms with Gasteiger partial charge in [-0.2, -0.15) is 5.01 Å². The fourth-order valence-electron chi connectivity index (χ4n) is 2.63. The Balaban J connectivity index is 1.96. The van der Waals surface area contributed by atoms with Gasteiger partial charge in [0.25, 0.3) is 5.91 Å². The summed E-state index contributed by atoms with van der Waals surface area (Å²) in [7, 11) is 1.54. The lowest BCUT2D eigenvalue weighted by Crippen LogP contribution is -2.51. The summed E-state index contributed by atoms with van der Waals surface area (Å²) in [5.41, 5.74) is 1.22. The molecule has 2 heterocycles. The van der Waals surface area contributed by atoms with Crippen LogP contribution in [0.3, 0.4) is 0 Å². The molecule has 1 aromatic rings. The van der Waals surface area contributed by atoms with E-state index in [9.17, 15) is 14.4 Å². The van der Waals surface area contributed by atoms with Crippen LogP contribution in [0.5, 0.6) is 5.75 Å². The predicted octanol–water partition coefficient (Wildman–Crippen LogP) is 1.87. The number of benzene rings is 1. The van der Waals surface area contributed by atoms with Gasteiger partial charge in [-0.1, -0.05) is 0 Å². The van der Waals surface area contributed by atoms with E-state index in [0.717, 1.165) is 10.6 Å². The molecule has 0 unspecified atom stereocenters. The Morgan fingerprint density at radius 3 is 2.43 bits per heavy atom. The van der Waals surface area contributed by atoms with Gasteiger partial charge in [-0.25, -0.2) is 5.01 Å². The van der Waals surface area contributed by atoms with Crippen molar-refractivity contribution in [1.82, 2.24) is 10.0 Å². The molecule has 1 fully saturated rings. The lowest BCUT2D eigenvalue weighted by Gasteiger charge is -2.32. The Hall–Kier alpha value is -1.89. The molecule has 0 spiro atoms. The summed E-state index contributed by atoms with van der Waals surface area (Å²) < 4.78 is 5.87. The minimum atomic E-state index is -0.336. The molecule has 21 heavy (non-hydrogen) atoms. The first-order valence-corrected chi connectivity index (χ1v) is 7.36. The molecule has 0 saturated carbocycles. The van der Waals surface area contributed by atoms with Gasteiger partial charge in [0.15, 0.2) is 0 Å². The van der Waals surface area contributed by atoms with E-state index in [1.54, 1.807) is 19.2 Å². The normalized spacial score (nSPS) is 18.3. The Kier molecular flexibility index (Phi) is 3.44. The molecule has 1 aromatic carbocycles. The second-order valence-corrected chi connectivity index (χ2v) is 5.81. The van der Waals surface area contributed by atoms with Gasteiger partial charge in [-0.05, 0) is 40.0 Å². The summed E-state index contributed by atoms with van der Waals surface area (Å²) in [5.74, 6) is -0.367. The monoisotopic (exact) mass is 352 g/mol. The molecule has 0 aliphatic carbocycles. The molecule has 3 amide bonds.